The summed E-state index contributed by atoms with van der Waals surface area (Å²) in [5, 5.41) is 36.4. The van der Waals surface area contributed by atoms with Crippen molar-refractivity contribution in [3.63, 3.8) is 0 Å². The Balaban J connectivity index is 1.16. The zero-order chi connectivity index (χ0) is 35.9. The maximum absolute atomic E-state index is 13.5. The van der Waals surface area contributed by atoms with Gasteiger partial charge in [0, 0.05) is 38.6 Å². The lowest BCUT2D eigenvalue weighted by Gasteiger charge is -2.49. The largest absolute Gasteiger partial charge is 0.549 e. The van der Waals surface area contributed by atoms with E-state index in [9.17, 15) is 34.5 Å². The van der Waals surface area contributed by atoms with Crippen LogP contribution in [0.3, 0.4) is 0 Å². The Morgan fingerprint density at radius 2 is 2.08 bits per heavy atom. The van der Waals surface area contributed by atoms with Gasteiger partial charge in [0.15, 0.2) is 40.8 Å². The second kappa shape index (κ2) is 13.6. The molecule has 6 rings (SSSR count). The molecule has 3 aliphatic rings. The van der Waals surface area contributed by atoms with Crippen LogP contribution in [0.1, 0.15) is 47.6 Å². The van der Waals surface area contributed by atoms with Gasteiger partial charge in [-0.05, 0) is 44.9 Å². The first-order valence-corrected chi connectivity index (χ1v) is 17.4. The number of fused-ring (bicyclic) bond motifs is 2. The molecule has 15 nitrogen and oxygen atoms in total. The van der Waals surface area contributed by atoms with E-state index in [4.69, 9.17) is 22.2 Å². The number of nitrogens with zero attached hydrogens (tertiary/aromatic N) is 5. The third kappa shape index (κ3) is 6.44. The minimum absolute atomic E-state index is 0.0491. The van der Waals surface area contributed by atoms with E-state index in [1.807, 2.05) is 12.3 Å². The molecule has 0 radical (unpaired) electrons. The first-order valence-electron chi connectivity index (χ1n) is 15.1. The van der Waals surface area contributed by atoms with E-state index < -0.39 is 58.2 Å². The molecule has 6 N–H and O–H groups in total. The van der Waals surface area contributed by atoms with E-state index in [0.717, 1.165) is 42.0 Å². The number of hydrogen-bond donors (Lipinski definition) is 5. The highest BCUT2D eigenvalue weighted by Gasteiger charge is 2.55. The summed E-state index contributed by atoms with van der Waals surface area (Å²) in [6.45, 7) is 4.13. The number of β-lactam (4-membered cyclic amide) rings is 1. The maximum Gasteiger partial charge on any atom is 0.549 e. The summed E-state index contributed by atoms with van der Waals surface area (Å²) in [6, 6.07) is 7.51. The second-order valence-electron chi connectivity index (χ2n) is 12.2. The number of aryl methyl sites for hydroxylation is 1. The molecule has 50 heavy (non-hydrogen) atoms. The predicted molar refractivity (Wildman–Crippen MR) is 183 cm³/mol. The highest BCUT2D eigenvalue weighted by atomic mass is 35.5. The lowest BCUT2D eigenvalue weighted by atomic mass is 9.90. The van der Waals surface area contributed by atoms with Crippen molar-refractivity contribution in [3.05, 3.63) is 79.5 Å². The van der Waals surface area contributed by atoms with Crippen molar-refractivity contribution in [2.24, 2.45) is 5.16 Å². The van der Waals surface area contributed by atoms with E-state index in [2.05, 4.69) is 50.9 Å². The Labute approximate surface area is 297 Å². The van der Waals surface area contributed by atoms with Crippen LogP contribution in [-0.2, 0) is 37.6 Å². The number of oxime groups is 1. The molecule has 1 aromatic carbocycles. The van der Waals surface area contributed by atoms with Gasteiger partial charge in [0.2, 0.25) is 6.61 Å². The van der Waals surface area contributed by atoms with Crippen LogP contribution in [0.2, 0.25) is 5.02 Å². The number of carboxylic acid groups (broad SMARTS) is 1. The predicted octanol–water partition coefficient (Wildman–Crippen LogP) is 2.63. The van der Waals surface area contributed by atoms with Crippen molar-refractivity contribution < 1.29 is 43.9 Å². The number of nitrogens with two attached hydrogens (primary N) is 1. The van der Waals surface area contributed by atoms with E-state index in [-0.39, 0.29) is 33.2 Å². The topological polar surface area (TPSA) is 213 Å². The van der Waals surface area contributed by atoms with E-state index in [1.165, 1.54) is 27.6 Å². The number of pyridine rings is 1. The number of thioether (sulfide) groups is 1. The number of rotatable bonds is 9. The van der Waals surface area contributed by atoms with Gasteiger partial charge in [-0.2, -0.15) is 9.36 Å². The molecule has 1 aliphatic carbocycles. The summed E-state index contributed by atoms with van der Waals surface area (Å²) in [7, 11) is 0. The van der Waals surface area contributed by atoms with Crippen LogP contribution in [0.4, 0.5) is 5.13 Å². The van der Waals surface area contributed by atoms with Gasteiger partial charge in [-0.3, -0.25) is 14.5 Å². The fraction of sp³-hybridized carbons (Fsp3) is 0.312. The lowest BCUT2D eigenvalue weighted by Crippen LogP contribution is -2.71. The quantitative estimate of drug-likeness (QED) is 0.0537. The van der Waals surface area contributed by atoms with Gasteiger partial charge < -0.3 is 31.2 Å². The Morgan fingerprint density at radius 3 is 2.80 bits per heavy atom. The normalized spacial score (nSPS) is 19.1. The first kappa shape index (κ1) is 34.7. The molecule has 2 aromatic heterocycles. The summed E-state index contributed by atoms with van der Waals surface area (Å²) in [5.74, 6) is -4.42. The number of amides is 3. The SMILES string of the molecule is CC1(C)CCc2ccc[n+](CC3=C(C(=O)O)N4C(=O)[C@@H](NC(=O)/C(=N\OCC#[N+]C(=O)c5ccc(O)c(O)c5Cl)c5csc(N)n5)[C@H]4SC3)c21. The Hall–Kier alpha value is -5.18. The van der Waals surface area contributed by atoms with E-state index in [0.29, 0.717) is 17.9 Å². The minimum Gasteiger partial charge on any atom is -0.504 e. The molecule has 2 atom stereocenters. The van der Waals surface area contributed by atoms with E-state index in [1.54, 1.807) is 0 Å². The number of aromatic nitrogens is 2. The van der Waals surface area contributed by atoms with Gasteiger partial charge in [-0.25, -0.2) is 9.78 Å². The molecular weight excluding hydrogens is 710 g/mol. The van der Waals surface area contributed by atoms with Gasteiger partial charge in [0.05, 0.1) is 0 Å². The van der Waals surface area contributed by atoms with Crippen LogP contribution in [0.25, 0.3) is 4.85 Å². The van der Waals surface area contributed by atoms with Crippen LogP contribution in [0.5, 0.6) is 11.5 Å². The fourth-order valence-corrected chi connectivity index (χ4v) is 8.28. The minimum atomic E-state index is -1.23. The van der Waals surface area contributed by atoms with Crippen LogP contribution < -0.4 is 15.6 Å². The van der Waals surface area contributed by atoms with Gasteiger partial charge in [-0.1, -0.05) is 16.8 Å². The molecule has 3 aromatic rings. The van der Waals surface area contributed by atoms with Gasteiger partial charge in [-0.15, -0.1) is 23.1 Å². The number of phenolic OH excluding ortho intramolecular Hbond substituents is 2. The van der Waals surface area contributed by atoms with Crippen molar-refractivity contribution in [1.29, 1.82) is 0 Å². The van der Waals surface area contributed by atoms with Crippen LogP contribution in [0.15, 0.2) is 52.3 Å². The third-order valence-electron chi connectivity index (χ3n) is 8.48. The number of nitrogen functional groups attached to an aromatic ring is 1. The van der Waals surface area contributed by atoms with Gasteiger partial charge in [0.25, 0.3) is 11.8 Å². The number of carbonyl (C=O) groups is 4. The number of carboxylic acids is 1. The number of benzene rings is 1. The molecule has 1 saturated heterocycles. The Morgan fingerprint density at radius 1 is 1.30 bits per heavy atom. The van der Waals surface area contributed by atoms with Crippen molar-refractivity contribution in [1.82, 2.24) is 15.2 Å². The zero-order valence-corrected chi connectivity index (χ0v) is 28.9. The molecule has 18 heteroatoms. The summed E-state index contributed by atoms with van der Waals surface area (Å²) >= 11 is 8.27. The molecule has 1 fully saturated rings. The Kier molecular flexibility index (Phi) is 9.44. The molecular formula is C32H30ClN7O8S2+2. The second-order valence-corrected chi connectivity index (χ2v) is 14.5. The highest BCUT2D eigenvalue weighted by molar-refractivity contribution is 8.00. The lowest BCUT2D eigenvalue weighted by molar-refractivity contribution is -0.699. The summed E-state index contributed by atoms with van der Waals surface area (Å²) in [5.41, 5.74) is 8.07. The molecule has 4 heterocycles. The van der Waals surface area contributed by atoms with E-state index >= 15 is 0 Å². The van der Waals surface area contributed by atoms with Crippen LogP contribution >= 0.6 is 34.7 Å². The number of aliphatic carboxylic acids is 1. The van der Waals surface area contributed by atoms with Crippen molar-refractivity contribution >= 4 is 69.2 Å². The number of nitrogens with one attached hydrogen (secondary N) is 1. The average Bonchev–Trinajstić information content (AvgIpc) is 3.65. The Bertz CT molecular complexity index is 2090. The van der Waals surface area contributed by atoms with Crippen LogP contribution in [-0.4, -0.2) is 78.4 Å². The average molecular weight is 740 g/mol. The van der Waals surface area contributed by atoms with Crippen molar-refractivity contribution in [2.45, 2.75) is 50.1 Å². The van der Waals surface area contributed by atoms with Gasteiger partial charge in [0.1, 0.15) is 33.4 Å². The molecule has 258 valence electrons. The number of thiazole rings is 1. The summed E-state index contributed by atoms with van der Waals surface area (Å²) in [6.07, 6.45) is 3.86. The standard InChI is InChI=1S/C32H28ClN7O8S2/c1-32(2)8-7-15-4-3-10-39(25(15)32)12-16-13-49-29-22(28(45)40(29)23(16)30(46)47)37-27(44)21(18-14-50-31(34)36-18)38-48-11-9-35-26(43)17-5-6-19(41)24(42)20(17)33/h3-6,10,14,22,29H,7-8,11-13H2,1-2H3,(H4-2,34,36,37,38,41,42,43,44,46,47)/p+2/t22-,29-/m1/s1. The highest BCUT2D eigenvalue weighted by Crippen LogP contribution is 2.41. The number of hydrogen-bond acceptors (Lipinski definition) is 12. The summed E-state index contributed by atoms with van der Waals surface area (Å²) < 4.78 is 2.07. The first-order chi connectivity index (χ1) is 23.8. The molecule has 2 aliphatic heterocycles. The molecule has 0 saturated carbocycles. The number of aromatic hydroxyl groups is 2. The number of anilines is 1. The van der Waals surface area contributed by atoms with Crippen molar-refractivity contribution in [2.75, 3.05) is 18.1 Å². The smallest absolute Gasteiger partial charge is 0.504 e. The van der Waals surface area contributed by atoms with Gasteiger partial charge >= 0.3 is 17.9 Å². The maximum atomic E-state index is 13.5. The zero-order valence-electron chi connectivity index (χ0n) is 26.5. The fourth-order valence-electron chi connectivity index (χ4n) is 6.15. The molecule has 0 bridgehead atoms. The van der Waals surface area contributed by atoms with Crippen LogP contribution in [0, 0.1) is 6.07 Å². The third-order valence-corrected chi connectivity index (χ3v) is 10.9. The molecule has 3 amide bonds. The molecule has 0 spiro atoms. The number of halogens is 1. The monoisotopic (exact) mass is 739 g/mol. The van der Waals surface area contributed by atoms with Crippen molar-refractivity contribution in [3.8, 4) is 17.6 Å². The summed E-state index contributed by atoms with van der Waals surface area (Å²) in [4.78, 5) is 65.8. The molecule has 0 unspecified atom stereocenters. The number of phenols is 2. The number of carbonyl (C=O) groups excluding carboxylic acids is 3.